The lowest BCUT2D eigenvalue weighted by atomic mass is 10.2. The molecule has 1 saturated heterocycles. The maximum atomic E-state index is 11.9. The first-order valence-corrected chi connectivity index (χ1v) is 6.77. The first kappa shape index (κ1) is 14.6. The molecule has 0 spiro atoms. The van der Waals surface area contributed by atoms with Crippen LogP contribution in [0.3, 0.4) is 0 Å². The highest BCUT2D eigenvalue weighted by Crippen LogP contribution is 2.20. The van der Waals surface area contributed by atoms with Gasteiger partial charge in [-0.15, -0.1) is 0 Å². The summed E-state index contributed by atoms with van der Waals surface area (Å²) >= 11 is 0. The van der Waals surface area contributed by atoms with Crippen molar-refractivity contribution in [2.75, 3.05) is 13.1 Å². The monoisotopic (exact) mass is 279 g/mol. The molecule has 6 heteroatoms. The highest BCUT2D eigenvalue weighted by Gasteiger charge is 2.31. The van der Waals surface area contributed by atoms with Crippen LogP contribution in [0, 0.1) is 6.92 Å². The minimum atomic E-state index is -0.475. The second-order valence-electron chi connectivity index (χ2n) is 5.90. The average molecular weight is 279 g/mol. The van der Waals surface area contributed by atoms with E-state index in [1.807, 2.05) is 27.7 Å². The van der Waals surface area contributed by atoms with Crippen LogP contribution in [0.1, 0.15) is 32.9 Å². The van der Waals surface area contributed by atoms with Gasteiger partial charge in [0, 0.05) is 25.4 Å². The van der Waals surface area contributed by atoms with Crippen LogP contribution >= 0.6 is 0 Å². The average Bonchev–Trinajstić information content (AvgIpc) is 2.79. The molecule has 0 saturated carbocycles. The van der Waals surface area contributed by atoms with E-state index >= 15 is 0 Å². The topological polar surface area (TPSA) is 64.6 Å². The Morgan fingerprint density at radius 1 is 1.35 bits per heavy atom. The molecule has 0 aromatic carbocycles. The van der Waals surface area contributed by atoms with Crippen LogP contribution in [0.2, 0.25) is 0 Å². The maximum Gasteiger partial charge on any atom is 0.410 e. The van der Waals surface area contributed by atoms with Crippen LogP contribution in [0.5, 0.6) is 5.88 Å². The molecule has 110 valence electrons. The van der Waals surface area contributed by atoms with E-state index in [0.29, 0.717) is 19.0 Å². The van der Waals surface area contributed by atoms with Crippen molar-refractivity contribution in [3.05, 3.63) is 18.1 Å². The van der Waals surface area contributed by atoms with E-state index in [-0.39, 0.29) is 12.2 Å². The molecule has 20 heavy (non-hydrogen) atoms. The molecule has 6 nitrogen and oxygen atoms in total. The predicted octanol–water partition coefficient (Wildman–Crippen LogP) is 2.17. The van der Waals surface area contributed by atoms with Crippen LogP contribution in [0.4, 0.5) is 4.79 Å². The number of carbonyl (C=O) groups is 1. The smallest absolute Gasteiger partial charge is 0.410 e. The van der Waals surface area contributed by atoms with Crippen LogP contribution < -0.4 is 4.74 Å². The zero-order chi connectivity index (χ0) is 14.8. The van der Waals surface area contributed by atoms with Crippen molar-refractivity contribution < 1.29 is 14.3 Å². The molecular formula is C14H21N3O3. The number of ether oxygens (including phenoxy) is 2. The Morgan fingerprint density at radius 2 is 2.05 bits per heavy atom. The van der Waals surface area contributed by atoms with E-state index in [1.54, 1.807) is 17.3 Å². The minimum absolute atomic E-state index is 0.0575. The van der Waals surface area contributed by atoms with E-state index in [1.165, 1.54) is 0 Å². The lowest BCUT2D eigenvalue weighted by Gasteiger charge is -2.24. The Hall–Kier alpha value is -1.85. The van der Waals surface area contributed by atoms with Crippen LogP contribution in [0.25, 0.3) is 0 Å². The molecule has 1 amide bonds. The van der Waals surface area contributed by atoms with Gasteiger partial charge >= 0.3 is 6.09 Å². The number of likely N-dealkylation sites (tertiary alicyclic amines) is 1. The summed E-state index contributed by atoms with van der Waals surface area (Å²) in [5.74, 6) is 0.531. The lowest BCUT2D eigenvalue weighted by molar-refractivity contribution is 0.0274. The summed E-state index contributed by atoms with van der Waals surface area (Å²) < 4.78 is 11.1. The largest absolute Gasteiger partial charge is 0.471 e. The zero-order valence-electron chi connectivity index (χ0n) is 12.4. The summed E-state index contributed by atoms with van der Waals surface area (Å²) in [6.07, 6.45) is 3.65. The summed E-state index contributed by atoms with van der Waals surface area (Å²) in [6.45, 7) is 8.58. The zero-order valence-corrected chi connectivity index (χ0v) is 12.4. The number of rotatable bonds is 2. The second-order valence-corrected chi connectivity index (χ2v) is 5.90. The van der Waals surface area contributed by atoms with Crippen molar-refractivity contribution in [3.63, 3.8) is 0 Å². The molecule has 0 N–H and O–H groups in total. The Balaban J connectivity index is 1.90. The Kier molecular flexibility index (Phi) is 4.11. The Labute approximate surface area is 119 Å². The lowest BCUT2D eigenvalue weighted by Crippen LogP contribution is -2.36. The van der Waals surface area contributed by atoms with Crippen molar-refractivity contribution in [2.24, 2.45) is 0 Å². The fraction of sp³-hybridized carbons (Fsp3) is 0.643. The molecule has 1 aromatic rings. The van der Waals surface area contributed by atoms with Gasteiger partial charge in [-0.25, -0.2) is 9.78 Å². The van der Waals surface area contributed by atoms with E-state index in [9.17, 15) is 4.79 Å². The first-order valence-electron chi connectivity index (χ1n) is 6.77. The van der Waals surface area contributed by atoms with Crippen LogP contribution in [-0.4, -0.2) is 45.8 Å². The normalized spacial score (nSPS) is 19.0. The van der Waals surface area contributed by atoms with E-state index in [2.05, 4.69) is 9.97 Å². The van der Waals surface area contributed by atoms with Crippen molar-refractivity contribution >= 4 is 6.09 Å². The number of nitrogens with zero attached hydrogens (tertiary/aromatic N) is 3. The van der Waals surface area contributed by atoms with Gasteiger partial charge in [0.25, 0.3) is 0 Å². The van der Waals surface area contributed by atoms with E-state index < -0.39 is 5.60 Å². The fourth-order valence-corrected chi connectivity index (χ4v) is 1.99. The summed E-state index contributed by atoms with van der Waals surface area (Å²) in [5.41, 5.74) is 0.278. The SMILES string of the molecule is Cc1nccnc1O[C@H]1CCN(C(=O)OC(C)(C)C)C1. The third-order valence-electron chi connectivity index (χ3n) is 2.91. The van der Waals surface area contributed by atoms with Gasteiger partial charge < -0.3 is 14.4 Å². The standard InChI is InChI=1S/C14H21N3O3/c1-10-12(16-7-6-15-10)19-11-5-8-17(9-11)13(18)20-14(2,3)4/h6-7,11H,5,8-9H2,1-4H3/t11-/m0/s1. The highest BCUT2D eigenvalue weighted by atomic mass is 16.6. The van der Waals surface area contributed by atoms with Gasteiger partial charge in [0.2, 0.25) is 5.88 Å². The fourth-order valence-electron chi connectivity index (χ4n) is 1.99. The van der Waals surface area contributed by atoms with Gasteiger partial charge in [-0.1, -0.05) is 0 Å². The van der Waals surface area contributed by atoms with Crippen molar-refractivity contribution in [1.82, 2.24) is 14.9 Å². The summed E-state index contributed by atoms with van der Waals surface area (Å²) in [6, 6.07) is 0. The maximum absolute atomic E-state index is 11.9. The second kappa shape index (κ2) is 5.64. The number of aryl methyl sites for hydroxylation is 1. The summed E-state index contributed by atoms with van der Waals surface area (Å²) in [4.78, 5) is 21.9. The number of hydrogen-bond acceptors (Lipinski definition) is 5. The number of aromatic nitrogens is 2. The molecule has 1 atom stereocenters. The third-order valence-corrected chi connectivity index (χ3v) is 2.91. The molecule has 0 radical (unpaired) electrons. The number of carbonyl (C=O) groups excluding carboxylic acids is 1. The van der Waals surface area contributed by atoms with Gasteiger partial charge in [-0.2, -0.15) is 0 Å². The van der Waals surface area contributed by atoms with E-state index in [4.69, 9.17) is 9.47 Å². The molecular weight excluding hydrogens is 258 g/mol. The van der Waals surface area contributed by atoms with Gasteiger partial charge in [-0.3, -0.25) is 4.98 Å². The van der Waals surface area contributed by atoms with E-state index in [0.717, 1.165) is 12.1 Å². The molecule has 0 bridgehead atoms. The Morgan fingerprint density at radius 3 is 2.70 bits per heavy atom. The quantitative estimate of drug-likeness (QED) is 0.830. The summed E-state index contributed by atoms with van der Waals surface area (Å²) in [5, 5.41) is 0. The number of hydrogen-bond donors (Lipinski definition) is 0. The molecule has 1 aliphatic heterocycles. The molecule has 1 fully saturated rings. The molecule has 2 rings (SSSR count). The van der Waals surface area contributed by atoms with Crippen molar-refractivity contribution in [3.8, 4) is 5.88 Å². The van der Waals surface area contributed by atoms with Crippen LogP contribution in [-0.2, 0) is 4.74 Å². The molecule has 2 heterocycles. The van der Waals surface area contributed by atoms with Crippen molar-refractivity contribution in [1.29, 1.82) is 0 Å². The van der Waals surface area contributed by atoms with Crippen molar-refractivity contribution in [2.45, 2.75) is 45.8 Å². The van der Waals surface area contributed by atoms with Gasteiger partial charge in [0.15, 0.2) is 0 Å². The first-order chi connectivity index (χ1) is 9.35. The molecule has 0 aliphatic carbocycles. The third kappa shape index (κ3) is 3.82. The molecule has 1 aromatic heterocycles. The van der Waals surface area contributed by atoms with Gasteiger partial charge in [0.05, 0.1) is 12.2 Å². The number of amides is 1. The van der Waals surface area contributed by atoms with Gasteiger partial charge in [0.1, 0.15) is 11.7 Å². The molecule has 1 aliphatic rings. The van der Waals surface area contributed by atoms with Gasteiger partial charge in [-0.05, 0) is 27.7 Å². The Bertz CT molecular complexity index is 485. The summed E-state index contributed by atoms with van der Waals surface area (Å²) in [7, 11) is 0. The predicted molar refractivity (Wildman–Crippen MR) is 73.6 cm³/mol. The van der Waals surface area contributed by atoms with Crippen LogP contribution in [0.15, 0.2) is 12.4 Å². The highest BCUT2D eigenvalue weighted by molar-refractivity contribution is 5.68. The minimum Gasteiger partial charge on any atom is -0.471 e. The molecule has 0 unspecified atom stereocenters.